The highest BCUT2D eigenvalue weighted by Crippen LogP contribution is 2.24. The monoisotopic (exact) mass is 279 g/mol. The van der Waals surface area contributed by atoms with E-state index in [1.807, 2.05) is 18.2 Å². The third-order valence-corrected chi connectivity index (χ3v) is 3.85. The van der Waals surface area contributed by atoms with Gasteiger partial charge in [0, 0.05) is 18.2 Å². The normalized spacial score (nSPS) is 12.5. The lowest BCUT2D eigenvalue weighted by atomic mass is 9.99. The summed E-state index contributed by atoms with van der Waals surface area (Å²) in [5.41, 5.74) is 1.94. The number of halogens is 1. The van der Waals surface area contributed by atoms with E-state index in [2.05, 4.69) is 48.6 Å². The maximum Gasteiger partial charge on any atom is 0.127 e. The number of hydrogen-bond donors (Lipinski definition) is 1. The van der Waals surface area contributed by atoms with Crippen LogP contribution >= 0.6 is 0 Å². The fourth-order valence-corrected chi connectivity index (χ4v) is 2.64. The van der Waals surface area contributed by atoms with Gasteiger partial charge in [0.1, 0.15) is 5.82 Å². The van der Waals surface area contributed by atoms with E-state index in [-0.39, 0.29) is 11.9 Å². The molecule has 0 aliphatic rings. The summed E-state index contributed by atoms with van der Waals surface area (Å²) in [6.07, 6.45) is 0. The molecule has 0 bridgehead atoms. The van der Waals surface area contributed by atoms with Crippen LogP contribution in [0.1, 0.15) is 24.1 Å². The van der Waals surface area contributed by atoms with Crippen molar-refractivity contribution in [2.75, 3.05) is 0 Å². The highest BCUT2D eigenvalue weighted by atomic mass is 19.1. The minimum Gasteiger partial charge on any atom is -0.306 e. The molecule has 0 saturated carbocycles. The molecule has 1 N–H and O–H groups in total. The third kappa shape index (κ3) is 2.96. The van der Waals surface area contributed by atoms with E-state index in [9.17, 15) is 4.39 Å². The van der Waals surface area contributed by atoms with Gasteiger partial charge in [0.05, 0.1) is 0 Å². The Bertz CT molecular complexity index is 746. The fraction of sp³-hybridized carbons (Fsp3) is 0.158. The quantitative estimate of drug-likeness (QED) is 0.721. The Morgan fingerprint density at radius 1 is 0.905 bits per heavy atom. The van der Waals surface area contributed by atoms with Crippen LogP contribution in [0, 0.1) is 5.82 Å². The van der Waals surface area contributed by atoms with E-state index in [0.717, 1.165) is 0 Å². The number of fused-ring (bicyclic) bond motifs is 1. The molecule has 0 amide bonds. The van der Waals surface area contributed by atoms with Crippen molar-refractivity contribution >= 4 is 10.8 Å². The van der Waals surface area contributed by atoms with Gasteiger partial charge in [-0.15, -0.1) is 0 Å². The van der Waals surface area contributed by atoms with E-state index < -0.39 is 0 Å². The standard InChI is InChI=1S/C19H18FN/c1-14(21-13-16-8-3-5-12-19(16)20)17-11-6-9-15-7-2-4-10-18(15)17/h2-12,14,21H,13H2,1H3/t14-/m0/s1. The molecule has 0 fully saturated rings. The average Bonchev–Trinajstić information content (AvgIpc) is 2.53. The molecule has 0 unspecified atom stereocenters. The Morgan fingerprint density at radius 3 is 2.48 bits per heavy atom. The van der Waals surface area contributed by atoms with Gasteiger partial charge in [0.25, 0.3) is 0 Å². The van der Waals surface area contributed by atoms with Crippen molar-refractivity contribution < 1.29 is 4.39 Å². The van der Waals surface area contributed by atoms with Crippen molar-refractivity contribution in [3.05, 3.63) is 83.7 Å². The summed E-state index contributed by atoms with van der Waals surface area (Å²) in [6, 6.07) is 21.7. The van der Waals surface area contributed by atoms with Crippen LogP contribution in [-0.4, -0.2) is 0 Å². The molecule has 0 aliphatic heterocycles. The van der Waals surface area contributed by atoms with Crippen molar-refractivity contribution in [3.8, 4) is 0 Å². The van der Waals surface area contributed by atoms with Crippen LogP contribution in [0.2, 0.25) is 0 Å². The van der Waals surface area contributed by atoms with Crippen LogP contribution in [0.3, 0.4) is 0 Å². The Labute approximate surface area is 124 Å². The minimum absolute atomic E-state index is 0.157. The van der Waals surface area contributed by atoms with Crippen LogP contribution in [-0.2, 0) is 6.54 Å². The van der Waals surface area contributed by atoms with Gasteiger partial charge in [-0.3, -0.25) is 0 Å². The first-order valence-corrected chi connectivity index (χ1v) is 7.20. The Hall–Kier alpha value is -2.19. The number of rotatable bonds is 4. The molecule has 3 rings (SSSR count). The first kappa shape index (κ1) is 13.8. The van der Waals surface area contributed by atoms with E-state index in [1.165, 1.54) is 22.4 Å². The van der Waals surface area contributed by atoms with Crippen molar-refractivity contribution in [1.29, 1.82) is 0 Å². The zero-order valence-electron chi connectivity index (χ0n) is 12.0. The smallest absolute Gasteiger partial charge is 0.127 e. The van der Waals surface area contributed by atoms with Gasteiger partial charge in [-0.05, 0) is 29.3 Å². The SMILES string of the molecule is C[C@H](NCc1ccccc1F)c1cccc2ccccc12. The van der Waals surface area contributed by atoms with Gasteiger partial charge in [-0.1, -0.05) is 60.7 Å². The largest absolute Gasteiger partial charge is 0.306 e. The number of benzene rings is 3. The summed E-state index contributed by atoms with van der Waals surface area (Å²) >= 11 is 0. The molecule has 2 heteroatoms. The molecular formula is C19H18FN. The van der Waals surface area contributed by atoms with Crippen molar-refractivity contribution in [1.82, 2.24) is 5.32 Å². The molecule has 0 aliphatic carbocycles. The molecule has 106 valence electrons. The summed E-state index contributed by atoms with van der Waals surface area (Å²) in [5, 5.41) is 5.88. The lowest BCUT2D eigenvalue weighted by Gasteiger charge is -2.17. The van der Waals surface area contributed by atoms with E-state index in [0.29, 0.717) is 12.1 Å². The van der Waals surface area contributed by atoms with E-state index in [4.69, 9.17) is 0 Å². The van der Waals surface area contributed by atoms with Crippen LogP contribution in [0.25, 0.3) is 10.8 Å². The predicted molar refractivity (Wildman–Crippen MR) is 85.6 cm³/mol. The summed E-state index contributed by atoms with van der Waals surface area (Å²) in [5.74, 6) is -0.157. The fourth-order valence-electron chi connectivity index (χ4n) is 2.64. The van der Waals surface area contributed by atoms with Crippen LogP contribution in [0.15, 0.2) is 66.7 Å². The Balaban J connectivity index is 1.81. The lowest BCUT2D eigenvalue weighted by molar-refractivity contribution is 0.546. The highest BCUT2D eigenvalue weighted by Gasteiger charge is 2.09. The molecule has 0 heterocycles. The number of hydrogen-bond acceptors (Lipinski definition) is 1. The first-order valence-electron chi connectivity index (χ1n) is 7.20. The molecule has 0 radical (unpaired) electrons. The van der Waals surface area contributed by atoms with Gasteiger partial charge < -0.3 is 5.32 Å². The van der Waals surface area contributed by atoms with Crippen molar-refractivity contribution in [2.45, 2.75) is 19.5 Å². The topological polar surface area (TPSA) is 12.0 Å². The molecular weight excluding hydrogens is 261 g/mol. The van der Waals surface area contributed by atoms with Gasteiger partial charge >= 0.3 is 0 Å². The summed E-state index contributed by atoms with van der Waals surface area (Å²) in [4.78, 5) is 0. The second-order valence-corrected chi connectivity index (χ2v) is 5.26. The van der Waals surface area contributed by atoms with E-state index >= 15 is 0 Å². The maximum absolute atomic E-state index is 13.7. The summed E-state index contributed by atoms with van der Waals surface area (Å²) in [6.45, 7) is 2.64. The molecule has 0 aromatic heterocycles. The van der Waals surface area contributed by atoms with Gasteiger partial charge in [-0.2, -0.15) is 0 Å². The molecule has 0 spiro atoms. The van der Waals surface area contributed by atoms with Crippen molar-refractivity contribution in [2.24, 2.45) is 0 Å². The zero-order valence-corrected chi connectivity index (χ0v) is 12.0. The second kappa shape index (κ2) is 6.06. The lowest BCUT2D eigenvalue weighted by Crippen LogP contribution is -2.19. The molecule has 3 aromatic rings. The van der Waals surface area contributed by atoms with Gasteiger partial charge in [0.2, 0.25) is 0 Å². The summed E-state index contributed by atoms with van der Waals surface area (Å²) < 4.78 is 13.7. The van der Waals surface area contributed by atoms with Gasteiger partial charge in [0.15, 0.2) is 0 Å². The third-order valence-electron chi connectivity index (χ3n) is 3.85. The maximum atomic E-state index is 13.7. The van der Waals surface area contributed by atoms with E-state index in [1.54, 1.807) is 6.07 Å². The van der Waals surface area contributed by atoms with Crippen LogP contribution in [0.4, 0.5) is 4.39 Å². The summed E-state index contributed by atoms with van der Waals surface area (Å²) in [7, 11) is 0. The zero-order chi connectivity index (χ0) is 14.7. The predicted octanol–water partition coefficient (Wildman–Crippen LogP) is 4.83. The number of nitrogens with one attached hydrogen (secondary N) is 1. The van der Waals surface area contributed by atoms with Crippen LogP contribution in [0.5, 0.6) is 0 Å². The van der Waals surface area contributed by atoms with Gasteiger partial charge in [-0.25, -0.2) is 4.39 Å². The second-order valence-electron chi connectivity index (χ2n) is 5.26. The minimum atomic E-state index is -0.157. The molecule has 21 heavy (non-hydrogen) atoms. The highest BCUT2D eigenvalue weighted by molar-refractivity contribution is 5.86. The molecule has 0 saturated heterocycles. The Morgan fingerprint density at radius 2 is 1.62 bits per heavy atom. The first-order chi connectivity index (χ1) is 10.3. The molecule has 1 atom stereocenters. The Kier molecular flexibility index (Phi) is 3.98. The van der Waals surface area contributed by atoms with Crippen molar-refractivity contribution in [3.63, 3.8) is 0 Å². The van der Waals surface area contributed by atoms with Crippen LogP contribution < -0.4 is 5.32 Å². The molecule has 1 nitrogen and oxygen atoms in total. The molecule has 3 aromatic carbocycles. The average molecular weight is 279 g/mol.